The van der Waals surface area contributed by atoms with Crippen molar-refractivity contribution < 1.29 is 9.84 Å². The third-order valence-corrected chi connectivity index (χ3v) is 3.71. The third-order valence-electron chi connectivity index (χ3n) is 3.30. The van der Waals surface area contributed by atoms with E-state index < -0.39 is 0 Å². The molecule has 0 aliphatic heterocycles. The zero-order chi connectivity index (χ0) is 12.4. The minimum Gasteiger partial charge on any atom is -0.495 e. The van der Waals surface area contributed by atoms with E-state index in [0.717, 1.165) is 36.3 Å². The van der Waals surface area contributed by atoms with Crippen LogP contribution in [-0.4, -0.2) is 24.4 Å². The van der Waals surface area contributed by atoms with Gasteiger partial charge in [0.25, 0.3) is 0 Å². The lowest BCUT2D eigenvalue weighted by molar-refractivity contribution is 0.171. The fourth-order valence-electron chi connectivity index (χ4n) is 2.25. The first-order chi connectivity index (χ1) is 8.11. The van der Waals surface area contributed by atoms with Crippen LogP contribution in [0.15, 0.2) is 12.1 Å². The summed E-state index contributed by atoms with van der Waals surface area (Å²) < 4.78 is 5.30. The number of aryl methyl sites for hydroxylation is 1. The highest BCUT2D eigenvalue weighted by Gasteiger charge is 2.25. The zero-order valence-electron chi connectivity index (χ0n) is 10.2. The second-order valence-corrected chi connectivity index (χ2v) is 4.96. The molecule has 94 valence electrons. The maximum Gasteiger partial charge on any atom is 0.143 e. The lowest BCUT2D eigenvalue weighted by Crippen LogP contribution is -2.28. The molecule has 2 atom stereocenters. The van der Waals surface area contributed by atoms with Gasteiger partial charge in [0, 0.05) is 11.1 Å². The van der Waals surface area contributed by atoms with Gasteiger partial charge in [-0.2, -0.15) is 0 Å². The molecule has 3 nitrogen and oxygen atoms in total. The van der Waals surface area contributed by atoms with Crippen LogP contribution in [0.2, 0.25) is 5.02 Å². The van der Waals surface area contributed by atoms with Crippen LogP contribution in [0.4, 0.5) is 5.69 Å². The van der Waals surface area contributed by atoms with E-state index in [1.54, 1.807) is 13.2 Å². The predicted octanol–water partition coefficient (Wildman–Crippen LogP) is 2.98. The molecular weight excluding hydrogens is 238 g/mol. The SMILES string of the molecule is COc1cc(Cl)c(C)cc1N[C@H]1CCC[C@@H]1O. The van der Waals surface area contributed by atoms with Crippen molar-refractivity contribution in [2.24, 2.45) is 0 Å². The number of benzene rings is 1. The Labute approximate surface area is 107 Å². The molecular formula is C13H18ClNO2. The molecule has 4 heteroatoms. The molecule has 2 rings (SSSR count). The van der Waals surface area contributed by atoms with Crippen molar-refractivity contribution in [1.29, 1.82) is 0 Å². The van der Waals surface area contributed by atoms with E-state index in [1.165, 1.54) is 0 Å². The van der Waals surface area contributed by atoms with Crippen LogP contribution in [0.5, 0.6) is 5.75 Å². The van der Waals surface area contributed by atoms with E-state index in [-0.39, 0.29) is 12.1 Å². The zero-order valence-corrected chi connectivity index (χ0v) is 10.9. The Bertz CT molecular complexity index is 409. The molecule has 0 unspecified atom stereocenters. The molecule has 1 aromatic carbocycles. The van der Waals surface area contributed by atoms with Crippen LogP contribution in [0.25, 0.3) is 0 Å². The maximum absolute atomic E-state index is 9.81. The molecule has 1 saturated carbocycles. The van der Waals surface area contributed by atoms with Gasteiger partial charge in [0.15, 0.2) is 0 Å². The molecule has 17 heavy (non-hydrogen) atoms. The first-order valence-electron chi connectivity index (χ1n) is 5.90. The molecule has 0 aromatic heterocycles. The Kier molecular flexibility index (Phi) is 3.79. The van der Waals surface area contributed by atoms with Crippen molar-refractivity contribution >= 4 is 17.3 Å². The molecule has 0 heterocycles. The summed E-state index contributed by atoms with van der Waals surface area (Å²) in [5.74, 6) is 0.722. The van der Waals surface area contributed by atoms with Gasteiger partial charge in [0.05, 0.1) is 24.9 Å². The summed E-state index contributed by atoms with van der Waals surface area (Å²) >= 11 is 6.05. The van der Waals surface area contributed by atoms with Gasteiger partial charge in [-0.25, -0.2) is 0 Å². The van der Waals surface area contributed by atoms with Crippen LogP contribution in [0, 0.1) is 6.92 Å². The lowest BCUT2D eigenvalue weighted by Gasteiger charge is -2.20. The number of ether oxygens (including phenoxy) is 1. The van der Waals surface area contributed by atoms with Gasteiger partial charge in [-0.05, 0) is 37.8 Å². The van der Waals surface area contributed by atoms with Gasteiger partial charge in [-0.1, -0.05) is 11.6 Å². The van der Waals surface area contributed by atoms with Crippen molar-refractivity contribution in [3.8, 4) is 5.75 Å². The Morgan fingerprint density at radius 1 is 1.41 bits per heavy atom. The number of halogens is 1. The van der Waals surface area contributed by atoms with E-state index in [1.807, 2.05) is 13.0 Å². The molecule has 1 aliphatic carbocycles. The van der Waals surface area contributed by atoms with Gasteiger partial charge in [-0.3, -0.25) is 0 Å². The van der Waals surface area contributed by atoms with Crippen molar-refractivity contribution in [2.45, 2.75) is 38.3 Å². The average Bonchev–Trinajstić information content (AvgIpc) is 2.69. The minimum atomic E-state index is -0.268. The molecule has 0 bridgehead atoms. The molecule has 0 amide bonds. The Morgan fingerprint density at radius 2 is 2.18 bits per heavy atom. The van der Waals surface area contributed by atoms with E-state index in [2.05, 4.69) is 5.32 Å². The van der Waals surface area contributed by atoms with Crippen LogP contribution in [-0.2, 0) is 0 Å². The van der Waals surface area contributed by atoms with Gasteiger partial charge >= 0.3 is 0 Å². The number of methoxy groups -OCH3 is 1. The standard InChI is InChI=1S/C13H18ClNO2/c1-8-6-11(13(17-2)7-9(8)14)15-10-4-3-5-12(10)16/h6-7,10,12,15-16H,3-5H2,1-2H3/t10-,12-/m0/s1. The number of hydrogen-bond donors (Lipinski definition) is 2. The van der Waals surface area contributed by atoms with Crippen molar-refractivity contribution in [1.82, 2.24) is 0 Å². The smallest absolute Gasteiger partial charge is 0.143 e. The maximum atomic E-state index is 9.81. The lowest BCUT2D eigenvalue weighted by atomic mass is 10.1. The second kappa shape index (κ2) is 5.15. The van der Waals surface area contributed by atoms with Gasteiger partial charge in [-0.15, -0.1) is 0 Å². The Balaban J connectivity index is 2.22. The summed E-state index contributed by atoms with van der Waals surface area (Å²) in [5.41, 5.74) is 1.91. The summed E-state index contributed by atoms with van der Waals surface area (Å²) in [6, 6.07) is 3.89. The fourth-order valence-corrected chi connectivity index (χ4v) is 2.41. The van der Waals surface area contributed by atoms with Gasteiger partial charge in [0.1, 0.15) is 5.75 Å². The molecule has 2 N–H and O–H groups in total. The van der Waals surface area contributed by atoms with Gasteiger partial charge < -0.3 is 15.2 Å². The number of anilines is 1. The Morgan fingerprint density at radius 3 is 2.76 bits per heavy atom. The van der Waals surface area contributed by atoms with E-state index >= 15 is 0 Å². The first-order valence-corrected chi connectivity index (χ1v) is 6.28. The largest absolute Gasteiger partial charge is 0.495 e. The van der Waals surface area contributed by atoms with E-state index in [0.29, 0.717) is 5.02 Å². The van der Waals surface area contributed by atoms with Crippen molar-refractivity contribution in [3.63, 3.8) is 0 Å². The topological polar surface area (TPSA) is 41.5 Å². The molecule has 1 aliphatic rings. The predicted molar refractivity (Wildman–Crippen MR) is 70.0 cm³/mol. The number of rotatable bonds is 3. The van der Waals surface area contributed by atoms with Crippen molar-refractivity contribution in [3.05, 3.63) is 22.7 Å². The summed E-state index contributed by atoms with van der Waals surface area (Å²) in [7, 11) is 1.62. The summed E-state index contributed by atoms with van der Waals surface area (Å²) in [5, 5.41) is 13.8. The molecule has 0 radical (unpaired) electrons. The molecule has 1 aromatic rings. The molecule has 1 fully saturated rings. The monoisotopic (exact) mass is 255 g/mol. The van der Waals surface area contributed by atoms with Crippen LogP contribution in [0.1, 0.15) is 24.8 Å². The quantitative estimate of drug-likeness (QED) is 0.873. The third kappa shape index (κ3) is 2.67. The fraction of sp³-hybridized carbons (Fsp3) is 0.538. The van der Waals surface area contributed by atoms with Gasteiger partial charge in [0.2, 0.25) is 0 Å². The highest BCUT2D eigenvalue weighted by molar-refractivity contribution is 6.31. The summed E-state index contributed by atoms with van der Waals surface area (Å²) in [4.78, 5) is 0. The van der Waals surface area contributed by atoms with E-state index in [4.69, 9.17) is 16.3 Å². The number of aliphatic hydroxyl groups excluding tert-OH is 1. The van der Waals surface area contributed by atoms with Crippen LogP contribution in [0.3, 0.4) is 0 Å². The minimum absolute atomic E-state index is 0.115. The number of nitrogens with one attached hydrogen (secondary N) is 1. The molecule has 0 spiro atoms. The first kappa shape index (κ1) is 12.5. The Hall–Kier alpha value is -0.930. The van der Waals surface area contributed by atoms with Crippen LogP contribution < -0.4 is 10.1 Å². The summed E-state index contributed by atoms with van der Waals surface area (Å²) in [6.45, 7) is 1.96. The average molecular weight is 256 g/mol. The molecule has 0 saturated heterocycles. The van der Waals surface area contributed by atoms with E-state index in [9.17, 15) is 5.11 Å². The number of aliphatic hydroxyl groups is 1. The van der Waals surface area contributed by atoms with Crippen LogP contribution >= 0.6 is 11.6 Å². The highest BCUT2D eigenvalue weighted by atomic mass is 35.5. The number of hydrogen-bond acceptors (Lipinski definition) is 3. The van der Waals surface area contributed by atoms with Crippen molar-refractivity contribution in [2.75, 3.05) is 12.4 Å². The highest BCUT2D eigenvalue weighted by Crippen LogP contribution is 2.33. The second-order valence-electron chi connectivity index (χ2n) is 4.55. The summed E-state index contributed by atoms with van der Waals surface area (Å²) in [6.07, 6.45) is 2.66. The normalized spacial score (nSPS) is 23.8.